The number of nitrogens with zero attached hydrogens (tertiary/aromatic N) is 2. The van der Waals surface area contributed by atoms with Gasteiger partial charge in [-0.15, -0.1) is 0 Å². The number of aryl methyl sites for hydroxylation is 2. The Hall–Kier alpha value is -9.76. The summed E-state index contributed by atoms with van der Waals surface area (Å²) in [6, 6.07) is 108. The van der Waals surface area contributed by atoms with Gasteiger partial charge in [0.05, 0.1) is 22.1 Å². The second-order valence-corrected chi connectivity index (χ2v) is 20.6. The van der Waals surface area contributed by atoms with Crippen LogP contribution in [0.4, 0.5) is 17.1 Å². The minimum Gasteiger partial charge on any atom is -0.310 e. The molecule has 13 aromatic rings. The van der Waals surface area contributed by atoms with Crippen LogP contribution in [0.2, 0.25) is 0 Å². The molecule has 0 radical (unpaired) electrons. The summed E-state index contributed by atoms with van der Waals surface area (Å²) >= 11 is 0. The van der Waals surface area contributed by atoms with Crippen molar-refractivity contribution in [3.05, 3.63) is 325 Å². The Labute approximate surface area is 451 Å². The van der Waals surface area contributed by atoms with Gasteiger partial charge in [0.1, 0.15) is 0 Å². The van der Waals surface area contributed by atoms with Crippen molar-refractivity contribution in [3.63, 3.8) is 0 Å². The second kappa shape index (κ2) is 18.9. The van der Waals surface area contributed by atoms with E-state index < -0.39 is 5.41 Å². The molecule has 0 saturated heterocycles. The van der Waals surface area contributed by atoms with Crippen LogP contribution in [0.25, 0.3) is 83.1 Å². The molecule has 2 heteroatoms. The molecule has 77 heavy (non-hydrogen) atoms. The van der Waals surface area contributed by atoms with Crippen molar-refractivity contribution in [1.82, 2.24) is 4.57 Å². The number of anilines is 3. The molecule has 0 bridgehead atoms. The van der Waals surface area contributed by atoms with Gasteiger partial charge < -0.3 is 9.47 Å². The van der Waals surface area contributed by atoms with Gasteiger partial charge in [-0.05, 0) is 153 Å². The van der Waals surface area contributed by atoms with E-state index in [1.54, 1.807) is 0 Å². The highest BCUT2D eigenvalue weighted by Gasteiger charge is 2.46. The number of rotatable bonds is 10. The van der Waals surface area contributed by atoms with Crippen molar-refractivity contribution < 1.29 is 0 Å². The second-order valence-electron chi connectivity index (χ2n) is 20.6. The first-order valence-electron chi connectivity index (χ1n) is 26.7. The molecule has 2 nitrogen and oxygen atoms in total. The maximum Gasteiger partial charge on any atom is 0.0714 e. The van der Waals surface area contributed by atoms with Crippen molar-refractivity contribution in [2.45, 2.75) is 19.3 Å². The van der Waals surface area contributed by atoms with E-state index in [0.717, 1.165) is 33.9 Å². The van der Waals surface area contributed by atoms with Crippen LogP contribution in [0, 0.1) is 13.8 Å². The van der Waals surface area contributed by atoms with Gasteiger partial charge in [-0.2, -0.15) is 0 Å². The number of para-hydroxylation sites is 1. The van der Waals surface area contributed by atoms with Gasteiger partial charge in [0.25, 0.3) is 0 Å². The summed E-state index contributed by atoms with van der Waals surface area (Å²) in [5.74, 6) is 0. The molecule has 1 heterocycles. The van der Waals surface area contributed by atoms with E-state index in [-0.39, 0.29) is 0 Å². The maximum atomic E-state index is 2.47. The zero-order valence-corrected chi connectivity index (χ0v) is 43.1. The highest BCUT2D eigenvalue weighted by atomic mass is 15.1. The third kappa shape index (κ3) is 7.71. The van der Waals surface area contributed by atoms with Crippen LogP contribution in [-0.4, -0.2) is 4.57 Å². The fourth-order valence-corrected chi connectivity index (χ4v) is 12.5. The lowest BCUT2D eigenvalue weighted by Crippen LogP contribution is -2.28. The first kappa shape index (κ1) is 45.8. The maximum absolute atomic E-state index is 2.47. The molecule has 1 aliphatic rings. The molecule has 12 aromatic carbocycles. The van der Waals surface area contributed by atoms with Crippen LogP contribution in [0.15, 0.2) is 291 Å². The minimum atomic E-state index is -0.543. The Morgan fingerprint density at radius 2 is 0.740 bits per heavy atom. The zero-order valence-electron chi connectivity index (χ0n) is 43.1. The Bertz CT molecular complexity index is 4210. The first-order valence-corrected chi connectivity index (χ1v) is 26.7. The van der Waals surface area contributed by atoms with Crippen LogP contribution in [0.3, 0.4) is 0 Å². The molecule has 0 saturated carbocycles. The van der Waals surface area contributed by atoms with Gasteiger partial charge in [0, 0.05) is 33.4 Å². The summed E-state index contributed by atoms with van der Waals surface area (Å²) in [5.41, 5.74) is 25.9. The smallest absolute Gasteiger partial charge is 0.0714 e. The molecule has 0 fully saturated rings. The lowest BCUT2D eigenvalue weighted by atomic mass is 9.67. The molecule has 0 amide bonds. The van der Waals surface area contributed by atoms with Crippen molar-refractivity contribution >= 4 is 38.9 Å². The molecular formula is C75H54N2. The Morgan fingerprint density at radius 3 is 1.32 bits per heavy atom. The lowest BCUT2D eigenvalue weighted by Gasteiger charge is -2.35. The largest absolute Gasteiger partial charge is 0.310 e. The van der Waals surface area contributed by atoms with E-state index in [9.17, 15) is 0 Å². The highest BCUT2D eigenvalue weighted by Crippen LogP contribution is 2.57. The predicted octanol–water partition coefficient (Wildman–Crippen LogP) is 19.9. The van der Waals surface area contributed by atoms with Crippen LogP contribution in [0.5, 0.6) is 0 Å². The van der Waals surface area contributed by atoms with E-state index in [0.29, 0.717) is 0 Å². The normalized spacial score (nSPS) is 12.4. The molecular weight excluding hydrogens is 929 g/mol. The molecule has 364 valence electrons. The van der Waals surface area contributed by atoms with Crippen LogP contribution in [0.1, 0.15) is 33.4 Å². The lowest BCUT2D eigenvalue weighted by molar-refractivity contribution is 0.768. The number of hydrogen-bond donors (Lipinski definition) is 0. The molecule has 14 rings (SSSR count). The first-order chi connectivity index (χ1) is 38.0. The fraction of sp³-hybridized carbons (Fsp3) is 0.0400. The van der Waals surface area contributed by atoms with Crippen molar-refractivity contribution in [2.24, 2.45) is 0 Å². The number of aromatic nitrogens is 1. The fourth-order valence-electron chi connectivity index (χ4n) is 12.5. The summed E-state index contributed by atoms with van der Waals surface area (Å²) in [6.45, 7) is 4.35. The van der Waals surface area contributed by atoms with E-state index in [1.165, 1.54) is 99.7 Å². The molecule has 1 aromatic heterocycles. The summed E-state index contributed by atoms with van der Waals surface area (Å²) in [6.07, 6.45) is 0. The molecule has 0 aliphatic heterocycles. The summed E-state index contributed by atoms with van der Waals surface area (Å²) in [7, 11) is 0. The third-order valence-electron chi connectivity index (χ3n) is 16.0. The third-order valence-corrected chi connectivity index (χ3v) is 16.0. The quantitative estimate of drug-likeness (QED) is 0.133. The van der Waals surface area contributed by atoms with E-state index in [4.69, 9.17) is 0 Å². The topological polar surface area (TPSA) is 8.17 Å². The average molecular weight is 983 g/mol. The van der Waals surface area contributed by atoms with E-state index in [1.807, 2.05) is 0 Å². The zero-order chi connectivity index (χ0) is 51.5. The van der Waals surface area contributed by atoms with Crippen molar-refractivity contribution in [3.8, 4) is 61.3 Å². The van der Waals surface area contributed by atoms with Crippen LogP contribution >= 0.6 is 0 Å². The summed E-state index contributed by atoms with van der Waals surface area (Å²) in [5, 5.41) is 2.59. The monoisotopic (exact) mass is 982 g/mol. The van der Waals surface area contributed by atoms with Crippen LogP contribution < -0.4 is 4.90 Å². The van der Waals surface area contributed by atoms with Crippen molar-refractivity contribution in [1.29, 1.82) is 0 Å². The highest BCUT2D eigenvalue weighted by molar-refractivity contribution is 6.10. The van der Waals surface area contributed by atoms with Gasteiger partial charge in [0.2, 0.25) is 0 Å². The summed E-state index contributed by atoms with van der Waals surface area (Å²) < 4.78 is 2.40. The molecule has 0 N–H and O–H groups in total. The van der Waals surface area contributed by atoms with Gasteiger partial charge in [-0.1, -0.05) is 236 Å². The Balaban J connectivity index is 0.867. The van der Waals surface area contributed by atoms with E-state index in [2.05, 4.69) is 315 Å². The van der Waals surface area contributed by atoms with Gasteiger partial charge in [-0.25, -0.2) is 0 Å². The molecule has 0 spiro atoms. The average Bonchev–Trinajstić information content (AvgIpc) is 4.02. The van der Waals surface area contributed by atoms with Crippen molar-refractivity contribution in [2.75, 3.05) is 4.90 Å². The van der Waals surface area contributed by atoms with E-state index >= 15 is 0 Å². The Morgan fingerprint density at radius 1 is 0.299 bits per heavy atom. The number of benzene rings is 12. The van der Waals surface area contributed by atoms with Gasteiger partial charge in [-0.3, -0.25) is 0 Å². The van der Waals surface area contributed by atoms with Gasteiger partial charge >= 0.3 is 0 Å². The molecule has 1 aliphatic carbocycles. The Kier molecular flexibility index (Phi) is 11.2. The number of fused-ring (bicyclic) bond motifs is 6. The predicted molar refractivity (Wildman–Crippen MR) is 324 cm³/mol. The van der Waals surface area contributed by atoms with Gasteiger partial charge in [0.15, 0.2) is 0 Å². The standard InChI is InChI=1S/C75H54N2/c1-51-30-46-73-68(48-51)69-49-52(2)31-47-74(69)77(73)61-42-38-56(39-43-61)54-34-32-53(33-35-54)55-36-40-60(41-37-55)76(72-29-17-15-27-67(72)64-25-13-12-24-63(64)57-18-6-3-7-19-57)62-44-45-66-65-26-14-16-28-70(65)75(71(66)50-62,58-20-8-4-9-21-58)59-22-10-5-11-23-59/h3-50H,1-2H3. The minimum absolute atomic E-state index is 0.543. The van der Waals surface area contributed by atoms with Crippen LogP contribution in [-0.2, 0) is 5.41 Å². The summed E-state index contributed by atoms with van der Waals surface area (Å²) in [4.78, 5) is 2.47. The molecule has 0 unspecified atom stereocenters. The number of hydrogen-bond acceptors (Lipinski definition) is 1. The SMILES string of the molecule is Cc1ccc2c(c1)c1cc(C)ccc1n2-c1ccc(-c2ccc(-c3ccc(N(c4ccc5c(c4)C(c4ccccc4)(c4ccccc4)c4ccccc4-5)c4ccccc4-c4ccccc4-c4ccccc4)cc3)cc2)cc1. The molecule has 0 atom stereocenters.